The van der Waals surface area contributed by atoms with Crippen molar-refractivity contribution in [2.24, 2.45) is 0 Å². The number of piperidine rings is 1. The molecule has 1 fully saturated rings. The molecule has 0 aromatic heterocycles. The Morgan fingerprint density at radius 3 is 2.37 bits per heavy atom. The van der Waals surface area contributed by atoms with E-state index in [1.165, 1.54) is 16.4 Å². The molecular weight excluding hydrogens is 554 g/mol. The molecule has 3 aromatic rings. The highest BCUT2D eigenvalue weighted by Crippen LogP contribution is 2.44. The fourth-order valence-corrected chi connectivity index (χ4v) is 6.92. The maximum atomic E-state index is 13.7. The highest BCUT2D eigenvalue weighted by atomic mass is 35.5. The molecule has 0 bridgehead atoms. The zero-order valence-corrected chi connectivity index (χ0v) is 22.8. The van der Waals surface area contributed by atoms with Crippen LogP contribution in [0.15, 0.2) is 71.6 Å². The number of aryl methyl sites for hydroxylation is 1. The summed E-state index contributed by atoms with van der Waals surface area (Å²) in [5.41, 5.74) is 2.19. The van der Waals surface area contributed by atoms with Crippen molar-refractivity contribution in [2.45, 2.75) is 43.4 Å². The van der Waals surface area contributed by atoms with Gasteiger partial charge in [0.05, 0.1) is 9.92 Å². The third-order valence-electron chi connectivity index (χ3n) is 6.74. The first-order valence-corrected chi connectivity index (χ1v) is 14.4. The Morgan fingerprint density at radius 1 is 1.05 bits per heavy atom. The smallest absolute Gasteiger partial charge is 0.395 e. The summed E-state index contributed by atoms with van der Waals surface area (Å²) in [6.07, 6.45) is -2.00. The topological polar surface area (TPSA) is 59.1 Å². The van der Waals surface area contributed by atoms with Gasteiger partial charge in [-0.2, -0.15) is 4.31 Å². The summed E-state index contributed by atoms with van der Waals surface area (Å²) in [4.78, 5) is 2.50. The lowest BCUT2D eigenvalue weighted by Crippen LogP contribution is -2.48. The van der Waals surface area contributed by atoms with E-state index < -0.39 is 16.3 Å². The van der Waals surface area contributed by atoms with Crippen molar-refractivity contribution in [3.05, 3.63) is 82.9 Å². The maximum Gasteiger partial charge on any atom is 0.586 e. The van der Waals surface area contributed by atoms with E-state index in [2.05, 4.69) is 9.47 Å². The number of ether oxygens (including phenoxy) is 2. The van der Waals surface area contributed by atoms with Crippen LogP contribution in [0.4, 0.5) is 14.5 Å². The van der Waals surface area contributed by atoms with Gasteiger partial charge in [-0.3, -0.25) is 0 Å². The highest BCUT2D eigenvalue weighted by Gasteiger charge is 2.44. The van der Waals surface area contributed by atoms with Crippen LogP contribution in [0, 0.1) is 0 Å². The van der Waals surface area contributed by atoms with E-state index in [9.17, 15) is 17.2 Å². The first kappa shape index (κ1) is 26.8. The van der Waals surface area contributed by atoms with E-state index in [1.807, 2.05) is 30.0 Å². The number of hydrogen-bond acceptors (Lipinski definition) is 5. The Balaban J connectivity index is 1.42. The number of rotatable bonds is 6. The average Bonchev–Trinajstić information content (AvgIpc) is 3.22. The molecule has 1 saturated heterocycles. The monoisotopic (exact) mass is 578 g/mol. The second kappa shape index (κ2) is 10.4. The van der Waals surface area contributed by atoms with Gasteiger partial charge in [0, 0.05) is 36.4 Å². The van der Waals surface area contributed by atoms with Gasteiger partial charge in [-0.1, -0.05) is 61.1 Å². The molecule has 2 heterocycles. The first-order valence-electron chi connectivity index (χ1n) is 12.2. The van der Waals surface area contributed by atoms with Crippen LogP contribution in [0.1, 0.15) is 30.9 Å². The molecule has 0 spiro atoms. The highest BCUT2D eigenvalue weighted by molar-refractivity contribution is 7.89. The van der Waals surface area contributed by atoms with Gasteiger partial charge >= 0.3 is 6.29 Å². The number of hydrogen-bond donors (Lipinski definition) is 0. The molecule has 38 heavy (non-hydrogen) atoms. The molecule has 5 rings (SSSR count). The molecule has 11 heteroatoms. The average molecular weight is 579 g/mol. The van der Waals surface area contributed by atoms with Gasteiger partial charge in [-0.25, -0.2) is 8.42 Å². The molecule has 6 nitrogen and oxygen atoms in total. The van der Waals surface area contributed by atoms with Crippen LogP contribution in [-0.4, -0.2) is 43.1 Å². The lowest BCUT2D eigenvalue weighted by atomic mass is 10.0. The van der Waals surface area contributed by atoms with E-state index >= 15 is 0 Å². The van der Waals surface area contributed by atoms with Gasteiger partial charge < -0.3 is 14.4 Å². The van der Waals surface area contributed by atoms with Gasteiger partial charge in [-0.15, -0.1) is 8.78 Å². The van der Waals surface area contributed by atoms with Crippen molar-refractivity contribution < 1.29 is 26.7 Å². The van der Waals surface area contributed by atoms with Crippen LogP contribution in [0.3, 0.4) is 0 Å². The van der Waals surface area contributed by atoms with E-state index in [4.69, 9.17) is 23.8 Å². The van der Waals surface area contributed by atoms with Crippen LogP contribution in [0.25, 0.3) is 0 Å². The zero-order chi connectivity index (χ0) is 27.1. The number of thiocarbonyl (C=S) groups is 1. The zero-order valence-electron chi connectivity index (χ0n) is 20.4. The summed E-state index contributed by atoms with van der Waals surface area (Å²) >= 11 is 12.3. The Hall–Kier alpha value is -2.79. The largest absolute Gasteiger partial charge is 0.586 e. The van der Waals surface area contributed by atoms with Gasteiger partial charge in [0.25, 0.3) is 0 Å². The molecule has 0 N–H and O–H groups in total. The fourth-order valence-electron chi connectivity index (χ4n) is 4.73. The Kier molecular flexibility index (Phi) is 7.34. The number of anilines is 1. The Labute approximate surface area is 230 Å². The van der Waals surface area contributed by atoms with Crippen LogP contribution in [0.5, 0.6) is 11.5 Å². The van der Waals surface area contributed by atoms with Crippen molar-refractivity contribution in [3.63, 3.8) is 0 Å². The van der Waals surface area contributed by atoms with Gasteiger partial charge in [0.1, 0.15) is 4.99 Å². The number of benzene rings is 3. The van der Waals surface area contributed by atoms with E-state index in [1.54, 1.807) is 36.4 Å². The number of nitrogens with zero attached hydrogens (tertiary/aromatic N) is 2. The molecule has 200 valence electrons. The quantitative estimate of drug-likeness (QED) is 0.322. The molecule has 0 aliphatic carbocycles. The number of halogens is 3. The molecule has 0 saturated carbocycles. The van der Waals surface area contributed by atoms with Gasteiger partial charge in [0.15, 0.2) is 11.5 Å². The van der Waals surface area contributed by atoms with Gasteiger partial charge in [-0.05, 0) is 55.2 Å². The molecule has 2 aliphatic heterocycles. The SMILES string of the molecule is CCc1ccc(S(=O)(=O)N2CCC(N(C(=S)c3ccccc3Cl)c3ccc4c(c3)OC(F)(F)O4)CC2)cc1. The summed E-state index contributed by atoms with van der Waals surface area (Å²) in [7, 11) is -3.66. The molecule has 0 amide bonds. The second-order valence-electron chi connectivity index (χ2n) is 9.09. The van der Waals surface area contributed by atoms with Crippen LogP contribution in [-0.2, 0) is 16.4 Å². The minimum absolute atomic E-state index is 0.0719. The molecule has 2 aliphatic rings. The summed E-state index contributed by atoms with van der Waals surface area (Å²) in [6, 6.07) is 18.3. The summed E-state index contributed by atoms with van der Waals surface area (Å²) in [6.45, 7) is 2.55. The normalized spacial score (nSPS) is 17.4. The van der Waals surface area contributed by atoms with Crippen LogP contribution in [0.2, 0.25) is 5.02 Å². The second-order valence-corrected chi connectivity index (χ2v) is 11.8. The lowest BCUT2D eigenvalue weighted by molar-refractivity contribution is -0.286. The number of sulfonamides is 1. The Morgan fingerprint density at radius 2 is 1.71 bits per heavy atom. The predicted molar refractivity (Wildman–Crippen MR) is 146 cm³/mol. The standard InChI is InChI=1S/C27H25ClF2N2O4S2/c1-2-18-7-10-21(11-8-18)38(33,34)31-15-13-19(14-16-31)32(26(37)22-5-3-4-6-23(22)28)20-9-12-24-25(17-20)36-27(29,30)35-24/h3-12,17,19H,2,13-16H2,1H3. The van der Waals surface area contributed by atoms with Crippen molar-refractivity contribution in [3.8, 4) is 11.5 Å². The third kappa shape index (κ3) is 5.22. The molecular formula is C27H25ClF2N2O4S2. The summed E-state index contributed by atoms with van der Waals surface area (Å²) in [5.74, 6) is -0.174. The van der Waals surface area contributed by atoms with Crippen LogP contribution < -0.4 is 14.4 Å². The van der Waals surface area contributed by atoms with Crippen molar-refractivity contribution in [1.29, 1.82) is 0 Å². The van der Waals surface area contributed by atoms with Crippen LogP contribution >= 0.6 is 23.8 Å². The van der Waals surface area contributed by atoms with E-state index in [-0.39, 0.29) is 35.5 Å². The number of alkyl halides is 2. The third-order valence-corrected chi connectivity index (χ3v) is 9.40. The first-order chi connectivity index (χ1) is 18.1. The van der Waals surface area contributed by atoms with E-state index in [0.29, 0.717) is 34.1 Å². The van der Waals surface area contributed by atoms with Crippen molar-refractivity contribution >= 4 is 44.5 Å². The van der Waals surface area contributed by atoms with Crippen molar-refractivity contribution in [1.82, 2.24) is 4.31 Å². The molecule has 0 unspecified atom stereocenters. The summed E-state index contributed by atoms with van der Waals surface area (Å²) < 4.78 is 64.6. The van der Waals surface area contributed by atoms with E-state index in [0.717, 1.165) is 12.0 Å². The predicted octanol–water partition coefficient (Wildman–Crippen LogP) is 6.26. The summed E-state index contributed by atoms with van der Waals surface area (Å²) in [5, 5.41) is 0.449. The molecule has 3 aromatic carbocycles. The molecule has 0 radical (unpaired) electrons. The Bertz CT molecular complexity index is 1460. The lowest BCUT2D eigenvalue weighted by Gasteiger charge is -2.39. The maximum absolute atomic E-state index is 13.7. The molecule has 0 atom stereocenters. The fraction of sp³-hybridized carbons (Fsp3) is 0.296. The minimum atomic E-state index is -3.75. The van der Waals surface area contributed by atoms with Gasteiger partial charge in [0.2, 0.25) is 10.0 Å². The number of fused-ring (bicyclic) bond motifs is 1. The minimum Gasteiger partial charge on any atom is -0.395 e. The van der Waals surface area contributed by atoms with Crippen molar-refractivity contribution in [2.75, 3.05) is 18.0 Å².